The quantitative estimate of drug-likeness (QED) is 0.768. The van der Waals surface area contributed by atoms with Gasteiger partial charge in [0.1, 0.15) is 5.82 Å². The summed E-state index contributed by atoms with van der Waals surface area (Å²) in [5.41, 5.74) is 0.992. The number of nitrogens with zero attached hydrogens (tertiary/aromatic N) is 2. The van der Waals surface area contributed by atoms with E-state index in [0.717, 1.165) is 4.47 Å². The number of aromatic nitrogens is 1. The van der Waals surface area contributed by atoms with Gasteiger partial charge >= 0.3 is 0 Å². The number of anilines is 1. The van der Waals surface area contributed by atoms with E-state index >= 15 is 0 Å². The summed E-state index contributed by atoms with van der Waals surface area (Å²) in [6.45, 7) is 6.07. The van der Waals surface area contributed by atoms with E-state index in [1.54, 1.807) is 45.2 Å². The van der Waals surface area contributed by atoms with E-state index in [2.05, 4.69) is 26.2 Å². The number of carbonyl (C=O) groups excluding carboxylic acids is 1. The number of rotatable bonds is 6. The molecule has 0 aliphatic carbocycles. The van der Waals surface area contributed by atoms with E-state index in [4.69, 9.17) is 0 Å². The summed E-state index contributed by atoms with van der Waals surface area (Å²) in [5, 5.41) is 2.68. The second-order valence-electron chi connectivity index (χ2n) is 5.38. The molecule has 0 spiro atoms. The molecule has 1 amide bonds. The summed E-state index contributed by atoms with van der Waals surface area (Å²) in [6.07, 6.45) is 1.57. The van der Waals surface area contributed by atoms with Crippen molar-refractivity contribution in [3.05, 3.63) is 52.1 Å². The molecule has 0 aliphatic rings. The van der Waals surface area contributed by atoms with Gasteiger partial charge < -0.3 is 5.32 Å². The van der Waals surface area contributed by atoms with Gasteiger partial charge in [-0.15, -0.1) is 0 Å². The molecule has 0 saturated carbocycles. The normalized spacial score (nSPS) is 11.6. The summed E-state index contributed by atoms with van der Waals surface area (Å²) in [4.78, 5) is 16.7. The molecule has 25 heavy (non-hydrogen) atoms. The van der Waals surface area contributed by atoms with Crippen molar-refractivity contribution >= 4 is 37.7 Å². The Bertz CT molecular complexity index is 863. The second-order valence-corrected chi connectivity index (χ2v) is 8.24. The zero-order valence-electron chi connectivity index (χ0n) is 14.3. The number of benzene rings is 1. The molecule has 1 aromatic carbocycles. The Morgan fingerprint density at radius 2 is 1.88 bits per heavy atom. The highest BCUT2D eigenvalue weighted by Gasteiger charge is 2.23. The fourth-order valence-corrected chi connectivity index (χ4v) is 4.07. The Morgan fingerprint density at radius 1 is 1.20 bits per heavy atom. The van der Waals surface area contributed by atoms with Crippen LogP contribution in [0.5, 0.6) is 0 Å². The van der Waals surface area contributed by atoms with Gasteiger partial charge in [0.05, 0.1) is 4.90 Å². The van der Waals surface area contributed by atoms with Gasteiger partial charge in [-0.25, -0.2) is 13.4 Å². The van der Waals surface area contributed by atoms with Crippen LogP contribution in [0.15, 0.2) is 45.9 Å². The Kier molecular flexibility index (Phi) is 6.31. The SMILES string of the molecule is CCN(CC)S(=O)(=O)c1ccc(C)c(C(=O)Nc2ccc(Br)cn2)c1. The summed E-state index contributed by atoms with van der Waals surface area (Å²) in [7, 11) is -3.62. The van der Waals surface area contributed by atoms with Gasteiger partial charge in [-0.1, -0.05) is 19.9 Å². The van der Waals surface area contributed by atoms with Crippen LogP contribution >= 0.6 is 15.9 Å². The van der Waals surface area contributed by atoms with Crippen molar-refractivity contribution in [2.24, 2.45) is 0 Å². The van der Waals surface area contributed by atoms with Gasteiger partial charge in [-0.3, -0.25) is 4.79 Å². The van der Waals surface area contributed by atoms with Crippen LogP contribution in [0.3, 0.4) is 0 Å². The summed E-state index contributed by atoms with van der Waals surface area (Å²) >= 11 is 3.28. The van der Waals surface area contributed by atoms with Crippen LogP contribution in [-0.2, 0) is 10.0 Å². The second kappa shape index (κ2) is 8.07. The number of halogens is 1. The third-order valence-corrected chi connectivity index (χ3v) is 6.28. The first-order chi connectivity index (χ1) is 11.8. The molecule has 0 bridgehead atoms. The first kappa shape index (κ1) is 19.6. The molecule has 1 aromatic heterocycles. The highest BCUT2D eigenvalue weighted by molar-refractivity contribution is 9.10. The molecule has 0 fully saturated rings. The van der Waals surface area contributed by atoms with E-state index in [-0.39, 0.29) is 4.90 Å². The molecule has 0 radical (unpaired) electrons. The molecule has 2 rings (SSSR count). The molecular formula is C17H20BrN3O3S. The third-order valence-electron chi connectivity index (χ3n) is 3.77. The number of aryl methyl sites for hydroxylation is 1. The van der Waals surface area contributed by atoms with Gasteiger partial charge in [0, 0.05) is 29.3 Å². The molecule has 8 heteroatoms. The summed E-state index contributed by atoms with van der Waals surface area (Å²) in [6, 6.07) is 8.00. The number of sulfonamides is 1. The average molecular weight is 426 g/mol. The highest BCUT2D eigenvalue weighted by atomic mass is 79.9. The van der Waals surface area contributed by atoms with Gasteiger partial charge in [-0.05, 0) is 52.7 Å². The molecule has 0 atom stereocenters. The zero-order valence-corrected chi connectivity index (χ0v) is 16.7. The lowest BCUT2D eigenvalue weighted by atomic mass is 10.1. The Labute approximate surface area is 156 Å². The lowest BCUT2D eigenvalue weighted by Crippen LogP contribution is -2.30. The molecular weight excluding hydrogens is 406 g/mol. The predicted molar refractivity (Wildman–Crippen MR) is 101 cm³/mol. The van der Waals surface area contributed by atoms with Crippen LogP contribution in [0.1, 0.15) is 29.8 Å². The van der Waals surface area contributed by atoms with Gasteiger partial charge in [0.2, 0.25) is 10.0 Å². The Morgan fingerprint density at radius 3 is 2.44 bits per heavy atom. The molecule has 6 nitrogen and oxygen atoms in total. The maximum Gasteiger partial charge on any atom is 0.257 e. The standard InChI is InChI=1S/C17H20BrN3O3S/c1-4-21(5-2)25(23,24)14-8-6-12(3)15(10-14)17(22)20-16-9-7-13(18)11-19-16/h6-11H,4-5H2,1-3H3,(H,19,20,22). The minimum Gasteiger partial charge on any atom is -0.307 e. The third kappa shape index (κ3) is 4.45. The van der Waals surface area contributed by atoms with Crippen molar-refractivity contribution in [1.82, 2.24) is 9.29 Å². The molecule has 0 unspecified atom stereocenters. The van der Waals surface area contributed by atoms with Crippen molar-refractivity contribution in [3.8, 4) is 0 Å². The van der Waals surface area contributed by atoms with Crippen molar-refractivity contribution in [3.63, 3.8) is 0 Å². The van der Waals surface area contributed by atoms with Crippen LogP contribution in [-0.4, -0.2) is 36.7 Å². The van der Waals surface area contributed by atoms with Crippen LogP contribution < -0.4 is 5.32 Å². The largest absolute Gasteiger partial charge is 0.307 e. The first-order valence-electron chi connectivity index (χ1n) is 7.83. The molecule has 0 saturated heterocycles. The Balaban J connectivity index is 2.35. The average Bonchev–Trinajstić information content (AvgIpc) is 2.58. The summed E-state index contributed by atoms with van der Waals surface area (Å²) in [5.74, 6) is -0.00600. The van der Waals surface area contributed by atoms with Crippen LogP contribution in [0.25, 0.3) is 0 Å². The first-order valence-corrected chi connectivity index (χ1v) is 10.1. The number of nitrogens with one attached hydrogen (secondary N) is 1. The molecule has 2 aromatic rings. The number of hydrogen-bond donors (Lipinski definition) is 1. The monoisotopic (exact) mass is 425 g/mol. The van der Waals surface area contributed by atoms with Gasteiger partial charge in [0.15, 0.2) is 0 Å². The topological polar surface area (TPSA) is 79.4 Å². The smallest absolute Gasteiger partial charge is 0.257 e. The van der Waals surface area contributed by atoms with Crippen molar-refractivity contribution in [1.29, 1.82) is 0 Å². The minimum absolute atomic E-state index is 0.107. The van der Waals surface area contributed by atoms with Crippen LogP contribution in [0.4, 0.5) is 5.82 Å². The van der Waals surface area contributed by atoms with Crippen molar-refractivity contribution < 1.29 is 13.2 Å². The molecule has 1 heterocycles. The number of hydrogen-bond acceptors (Lipinski definition) is 4. The van der Waals surface area contributed by atoms with Crippen LogP contribution in [0, 0.1) is 6.92 Å². The van der Waals surface area contributed by atoms with E-state index in [0.29, 0.717) is 30.0 Å². The molecule has 134 valence electrons. The fourth-order valence-electron chi connectivity index (χ4n) is 2.35. The zero-order chi connectivity index (χ0) is 18.6. The Hall–Kier alpha value is -1.77. The minimum atomic E-state index is -3.62. The molecule has 1 N–H and O–H groups in total. The van der Waals surface area contributed by atoms with Crippen molar-refractivity contribution in [2.75, 3.05) is 18.4 Å². The van der Waals surface area contributed by atoms with E-state index in [1.165, 1.54) is 16.4 Å². The van der Waals surface area contributed by atoms with Crippen molar-refractivity contribution in [2.45, 2.75) is 25.7 Å². The lowest BCUT2D eigenvalue weighted by molar-refractivity contribution is 0.102. The number of carbonyl (C=O) groups is 1. The van der Waals surface area contributed by atoms with Gasteiger partial charge in [-0.2, -0.15) is 4.31 Å². The maximum atomic E-state index is 12.7. The van der Waals surface area contributed by atoms with Crippen LogP contribution in [0.2, 0.25) is 0 Å². The number of pyridine rings is 1. The van der Waals surface area contributed by atoms with E-state index < -0.39 is 15.9 Å². The predicted octanol–water partition coefficient (Wildman–Crippen LogP) is 3.44. The van der Waals surface area contributed by atoms with E-state index in [9.17, 15) is 13.2 Å². The fraction of sp³-hybridized carbons (Fsp3) is 0.294. The molecule has 0 aliphatic heterocycles. The summed E-state index contributed by atoms with van der Waals surface area (Å²) < 4.78 is 27.5. The lowest BCUT2D eigenvalue weighted by Gasteiger charge is -2.19. The maximum absolute atomic E-state index is 12.7. The number of amides is 1. The van der Waals surface area contributed by atoms with E-state index in [1.807, 2.05) is 0 Å². The highest BCUT2D eigenvalue weighted by Crippen LogP contribution is 2.20. The van der Waals surface area contributed by atoms with Gasteiger partial charge in [0.25, 0.3) is 5.91 Å².